The summed E-state index contributed by atoms with van der Waals surface area (Å²) in [5, 5.41) is 9.26. The van der Waals surface area contributed by atoms with Gasteiger partial charge in [0.2, 0.25) is 0 Å². The molecule has 0 saturated heterocycles. The van der Waals surface area contributed by atoms with Gasteiger partial charge >= 0.3 is 0 Å². The predicted molar refractivity (Wildman–Crippen MR) is 45.7 cm³/mol. The highest BCUT2D eigenvalue weighted by molar-refractivity contribution is 6.32. The fourth-order valence-corrected chi connectivity index (χ4v) is 0.898. The van der Waals surface area contributed by atoms with Crippen LogP contribution in [0.4, 0.5) is 0 Å². The Kier molecular flexibility index (Phi) is 4.58. The summed E-state index contributed by atoms with van der Waals surface area (Å²) < 4.78 is 0. The summed E-state index contributed by atoms with van der Waals surface area (Å²) in [6, 6.07) is 0. The number of halogens is 2. The highest BCUT2D eigenvalue weighted by Crippen LogP contribution is 2.11. The molecule has 3 heteroatoms. The van der Waals surface area contributed by atoms with E-state index in [1.54, 1.807) is 6.08 Å². The van der Waals surface area contributed by atoms with Crippen LogP contribution in [0.15, 0.2) is 22.4 Å². The standard InChI is InChI=1S/C7H10Cl2O/c1-5(2)3-6(9)7(10)4-8/h3,10H,4H2,1-2H3/b7-6-. The maximum Gasteiger partial charge on any atom is 0.126 e. The van der Waals surface area contributed by atoms with Crippen molar-refractivity contribution < 1.29 is 5.11 Å². The third-order valence-electron chi connectivity index (χ3n) is 0.818. The first-order valence-corrected chi connectivity index (χ1v) is 3.77. The van der Waals surface area contributed by atoms with E-state index < -0.39 is 0 Å². The Morgan fingerprint density at radius 3 is 2.30 bits per heavy atom. The summed E-state index contributed by atoms with van der Waals surface area (Å²) in [6.07, 6.45) is 1.67. The smallest absolute Gasteiger partial charge is 0.126 e. The van der Waals surface area contributed by atoms with Gasteiger partial charge in [0.05, 0.1) is 10.9 Å². The van der Waals surface area contributed by atoms with E-state index in [0.29, 0.717) is 5.03 Å². The SMILES string of the molecule is CC(C)=C/C(Cl)=C(/O)CCl. The molecule has 0 aliphatic rings. The second-order valence-electron chi connectivity index (χ2n) is 2.15. The van der Waals surface area contributed by atoms with Crippen LogP contribution in [-0.4, -0.2) is 11.0 Å². The first-order chi connectivity index (χ1) is 4.57. The molecule has 0 rings (SSSR count). The molecule has 0 saturated carbocycles. The third-order valence-corrected chi connectivity index (χ3v) is 1.40. The molecule has 0 aromatic heterocycles. The lowest BCUT2D eigenvalue weighted by molar-refractivity contribution is 0.414. The van der Waals surface area contributed by atoms with Crippen molar-refractivity contribution in [1.82, 2.24) is 0 Å². The highest BCUT2D eigenvalue weighted by atomic mass is 35.5. The van der Waals surface area contributed by atoms with Gasteiger partial charge < -0.3 is 5.11 Å². The molecule has 1 N–H and O–H groups in total. The minimum Gasteiger partial charge on any atom is -0.509 e. The molecule has 58 valence electrons. The minimum atomic E-state index is 0.0181. The van der Waals surface area contributed by atoms with Crippen molar-refractivity contribution in [2.75, 3.05) is 5.88 Å². The Morgan fingerprint density at radius 2 is 2.00 bits per heavy atom. The van der Waals surface area contributed by atoms with Gasteiger partial charge in [0, 0.05) is 0 Å². The van der Waals surface area contributed by atoms with Crippen molar-refractivity contribution in [3.63, 3.8) is 0 Å². The van der Waals surface area contributed by atoms with E-state index in [9.17, 15) is 0 Å². The molecule has 0 bridgehead atoms. The molecule has 0 spiro atoms. The van der Waals surface area contributed by atoms with Crippen molar-refractivity contribution >= 4 is 23.2 Å². The molecule has 10 heavy (non-hydrogen) atoms. The van der Waals surface area contributed by atoms with Crippen molar-refractivity contribution in [3.8, 4) is 0 Å². The van der Waals surface area contributed by atoms with Crippen molar-refractivity contribution in [2.45, 2.75) is 13.8 Å². The topological polar surface area (TPSA) is 20.2 Å². The van der Waals surface area contributed by atoms with E-state index >= 15 is 0 Å². The van der Waals surface area contributed by atoms with E-state index in [0.717, 1.165) is 5.57 Å². The Bertz CT molecular complexity index is 166. The number of aliphatic hydroxyl groups is 1. The molecule has 0 heterocycles. The van der Waals surface area contributed by atoms with Crippen LogP contribution in [-0.2, 0) is 0 Å². The van der Waals surface area contributed by atoms with Gasteiger partial charge in [0.15, 0.2) is 0 Å². The predicted octanol–water partition coefficient (Wildman–Crippen LogP) is 3.20. The summed E-state index contributed by atoms with van der Waals surface area (Å²) in [4.78, 5) is 0. The molecule has 0 atom stereocenters. The van der Waals surface area contributed by atoms with Crippen molar-refractivity contribution in [3.05, 3.63) is 22.4 Å². The van der Waals surface area contributed by atoms with E-state index in [4.69, 9.17) is 28.3 Å². The second kappa shape index (κ2) is 4.64. The van der Waals surface area contributed by atoms with E-state index in [1.165, 1.54) is 0 Å². The van der Waals surface area contributed by atoms with E-state index in [-0.39, 0.29) is 11.6 Å². The Labute approximate surface area is 71.0 Å². The quantitative estimate of drug-likeness (QED) is 0.394. The molecular formula is C7H10Cl2O. The Hall–Kier alpha value is -0.140. The molecule has 0 aliphatic carbocycles. The maximum atomic E-state index is 8.95. The lowest BCUT2D eigenvalue weighted by Gasteiger charge is -1.94. The zero-order valence-electron chi connectivity index (χ0n) is 5.99. The number of alkyl halides is 1. The number of aliphatic hydroxyl groups excluding tert-OH is 1. The van der Waals surface area contributed by atoms with Gasteiger partial charge in [0.25, 0.3) is 0 Å². The molecule has 0 fully saturated rings. The summed E-state index contributed by atoms with van der Waals surface area (Å²) in [5.74, 6) is 0.0762. The first kappa shape index (κ1) is 9.86. The monoisotopic (exact) mass is 180 g/mol. The molecule has 0 aromatic carbocycles. The Balaban J connectivity index is 4.33. The van der Waals surface area contributed by atoms with Crippen LogP contribution in [0.5, 0.6) is 0 Å². The van der Waals surface area contributed by atoms with Crippen molar-refractivity contribution in [1.29, 1.82) is 0 Å². The normalized spacial score (nSPS) is 12.4. The lowest BCUT2D eigenvalue weighted by atomic mass is 10.3. The zero-order chi connectivity index (χ0) is 8.15. The first-order valence-electron chi connectivity index (χ1n) is 2.86. The summed E-state index contributed by atoms with van der Waals surface area (Å²) in [6.45, 7) is 3.79. The van der Waals surface area contributed by atoms with Crippen LogP contribution in [0.1, 0.15) is 13.8 Å². The zero-order valence-corrected chi connectivity index (χ0v) is 7.50. The molecule has 0 aromatic rings. The Morgan fingerprint density at radius 1 is 1.50 bits per heavy atom. The van der Waals surface area contributed by atoms with E-state index in [2.05, 4.69) is 0 Å². The molecule has 0 amide bonds. The maximum absolute atomic E-state index is 8.95. The average Bonchev–Trinajstić information content (AvgIpc) is 1.85. The fourth-order valence-electron chi connectivity index (χ4n) is 0.401. The second-order valence-corrected chi connectivity index (χ2v) is 2.82. The average molecular weight is 181 g/mol. The van der Waals surface area contributed by atoms with Crippen LogP contribution < -0.4 is 0 Å². The molecular weight excluding hydrogens is 171 g/mol. The van der Waals surface area contributed by atoms with Gasteiger partial charge in [-0.05, 0) is 19.9 Å². The van der Waals surface area contributed by atoms with Gasteiger partial charge in [0.1, 0.15) is 5.76 Å². The van der Waals surface area contributed by atoms with Crippen LogP contribution in [0.2, 0.25) is 0 Å². The van der Waals surface area contributed by atoms with Crippen LogP contribution in [0, 0.1) is 0 Å². The fraction of sp³-hybridized carbons (Fsp3) is 0.429. The molecule has 0 aliphatic heterocycles. The minimum absolute atomic E-state index is 0.0181. The number of hydrogen-bond donors (Lipinski definition) is 1. The van der Waals surface area contributed by atoms with Gasteiger partial charge in [-0.2, -0.15) is 0 Å². The lowest BCUT2D eigenvalue weighted by Crippen LogP contribution is -1.84. The van der Waals surface area contributed by atoms with Crippen LogP contribution >= 0.6 is 23.2 Å². The van der Waals surface area contributed by atoms with Crippen molar-refractivity contribution in [2.24, 2.45) is 0 Å². The van der Waals surface area contributed by atoms with Gasteiger partial charge in [-0.3, -0.25) is 0 Å². The van der Waals surface area contributed by atoms with Gasteiger partial charge in [-0.1, -0.05) is 17.2 Å². The summed E-state index contributed by atoms with van der Waals surface area (Å²) in [5.41, 5.74) is 1.03. The number of hydrogen-bond acceptors (Lipinski definition) is 1. The van der Waals surface area contributed by atoms with Gasteiger partial charge in [-0.25, -0.2) is 0 Å². The number of rotatable bonds is 2. The molecule has 0 unspecified atom stereocenters. The number of allylic oxidation sites excluding steroid dienone is 4. The van der Waals surface area contributed by atoms with E-state index in [1.807, 2.05) is 13.8 Å². The molecule has 0 radical (unpaired) electrons. The summed E-state index contributed by atoms with van der Waals surface area (Å²) >= 11 is 10.9. The molecule has 1 nitrogen and oxygen atoms in total. The van der Waals surface area contributed by atoms with Gasteiger partial charge in [-0.15, -0.1) is 11.6 Å². The highest BCUT2D eigenvalue weighted by Gasteiger charge is 1.96. The van der Waals surface area contributed by atoms with Crippen LogP contribution in [0.3, 0.4) is 0 Å². The van der Waals surface area contributed by atoms with Crippen LogP contribution in [0.25, 0.3) is 0 Å². The largest absolute Gasteiger partial charge is 0.509 e. The third kappa shape index (κ3) is 3.80. The summed E-state index contributed by atoms with van der Waals surface area (Å²) in [7, 11) is 0.